The van der Waals surface area contributed by atoms with Crippen molar-refractivity contribution in [3.8, 4) is 5.75 Å². The van der Waals surface area contributed by atoms with Gasteiger partial charge in [0.05, 0.1) is 16.1 Å². The largest absolute Gasteiger partial charge is 0.506 e. The molecule has 0 unspecified atom stereocenters. The molecule has 4 rings (SSSR count). The molecule has 0 fully saturated rings. The third kappa shape index (κ3) is 1.51. The maximum Gasteiger partial charge on any atom is 0.133 e. The van der Waals surface area contributed by atoms with E-state index in [9.17, 15) is 5.11 Å². The number of fused-ring (bicyclic) bond motifs is 4. The van der Waals surface area contributed by atoms with Crippen LogP contribution in [-0.2, 0) is 6.54 Å². The van der Waals surface area contributed by atoms with Gasteiger partial charge >= 0.3 is 0 Å². The minimum Gasteiger partial charge on any atom is -0.506 e. The molecule has 1 aromatic heterocycles. The van der Waals surface area contributed by atoms with Gasteiger partial charge in [0.1, 0.15) is 10.8 Å². The molecule has 0 atom stereocenters. The van der Waals surface area contributed by atoms with Gasteiger partial charge < -0.3 is 15.3 Å². The second-order valence-electron chi connectivity index (χ2n) is 4.97. The third-order valence-corrected chi connectivity index (χ3v) is 5.15. The minimum atomic E-state index is 0.363. The van der Waals surface area contributed by atoms with Gasteiger partial charge in [-0.15, -0.1) is 11.3 Å². The van der Waals surface area contributed by atoms with E-state index in [0.717, 1.165) is 28.0 Å². The van der Waals surface area contributed by atoms with Gasteiger partial charge in [-0.05, 0) is 18.2 Å². The molecule has 20 heavy (non-hydrogen) atoms. The summed E-state index contributed by atoms with van der Waals surface area (Å²) in [7, 11) is 2.08. The zero-order chi connectivity index (χ0) is 13.7. The lowest BCUT2D eigenvalue weighted by Crippen LogP contribution is -2.08. The van der Waals surface area contributed by atoms with Crippen molar-refractivity contribution in [3.63, 3.8) is 0 Å². The van der Waals surface area contributed by atoms with E-state index in [1.54, 1.807) is 17.4 Å². The quantitative estimate of drug-likeness (QED) is 0.645. The maximum atomic E-state index is 10.0. The summed E-state index contributed by atoms with van der Waals surface area (Å²) < 4.78 is 0.963. The molecular formula is C16H14N2OS. The summed E-state index contributed by atoms with van der Waals surface area (Å²) in [6.45, 7) is 0.778. The van der Waals surface area contributed by atoms with Gasteiger partial charge in [-0.3, -0.25) is 0 Å². The number of hydrogen-bond acceptors (Lipinski definition) is 4. The fourth-order valence-corrected chi connectivity index (χ4v) is 4.00. The number of phenols is 1. The SMILES string of the molecule is CN1c2ccccc2NCc2c1sc1c(O)cccc21. The van der Waals surface area contributed by atoms with Gasteiger partial charge in [0, 0.05) is 24.5 Å². The van der Waals surface area contributed by atoms with E-state index in [2.05, 4.69) is 35.5 Å². The number of thiophene rings is 1. The lowest BCUT2D eigenvalue weighted by Gasteiger charge is -2.18. The molecule has 2 heterocycles. The van der Waals surface area contributed by atoms with Crippen molar-refractivity contribution in [2.75, 3.05) is 17.3 Å². The van der Waals surface area contributed by atoms with Crippen molar-refractivity contribution in [1.82, 2.24) is 0 Å². The lowest BCUT2D eigenvalue weighted by molar-refractivity contribution is 0.482. The second-order valence-corrected chi connectivity index (χ2v) is 5.97. The number of phenolic OH excluding ortho intramolecular Hbond substituents is 1. The first kappa shape index (κ1) is 11.6. The van der Waals surface area contributed by atoms with Crippen LogP contribution in [-0.4, -0.2) is 12.2 Å². The van der Waals surface area contributed by atoms with Gasteiger partial charge in [0.25, 0.3) is 0 Å². The first-order chi connectivity index (χ1) is 9.75. The fraction of sp³-hybridized carbons (Fsp3) is 0.125. The Balaban J connectivity index is 2.00. The van der Waals surface area contributed by atoms with Crippen molar-refractivity contribution in [1.29, 1.82) is 0 Å². The number of para-hydroxylation sites is 2. The highest BCUT2D eigenvalue weighted by atomic mass is 32.1. The molecule has 2 N–H and O–H groups in total. The summed E-state index contributed by atoms with van der Waals surface area (Å²) in [5, 5.41) is 15.9. The Kier molecular flexibility index (Phi) is 2.41. The lowest BCUT2D eigenvalue weighted by atomic mass is 10.1. The number of aromatic hydroxyl groups is 1. The molecular weight excluding hydrogens is 268 g/mol. The highest BCUT2D eigenvalue weighted by Gasteiger charge is 2.22. The maximum absolute atomic E-state index is 10.0. The first-order valence-corrected chi connectivity index (χ1v) is 7.37. The van der Waals surface area contributed by atoms with Crippen molar-refractivity contribution >= 4 is 37.8 Å². The molecule has 2 aromatic carbocycles. The van der Waals surface area contributed by atoms with E-state index >= 15 is 0 Å². The van der Waals surface area contributed by atoms with Crippen LogP contribution < -0.4 is 10.2 Å². The highest BCUT2D eigenvalue weighted by molar-refractivity contribution is 7.23. The van der Waals surface area contributed by atoms with Crippen molar-refractivity contribution in [3.05, 3.63) is 48.0 Å². The predicted molar refractivity (Wildman–Crippen MR) is 85.3 cm³/mol. The van der Waals surface area contributed by atoms with Gasteiger partial charge in [-0.25, -0.2) is 0 Å². The summed E-state index contributed by atoms with van der Waals surface area (Å²) in [4.78, 5) is 2.20. The Hall–Kier alpha value is -2.20. The van der Waals surface area contributed by atoms with Crippen LogP contribution in [0.3, 0.4) is 0 Å². The number of hydrogen-bond donors (Lipinski definition) is 2. The third-order valence-electron chi connectivity index (χ3n) is 3.80. The second kappa shape index (κ2) is 4.15. The molecule has 100 valence electrons. The van der Waals surface area contributed by atoms with E-state index in [1.807, 2.05) is 18.2 Å². The molecule has 0 radical (unpaired) electrons. The van der Waals surface area contributed by atoms with E-state index < -0.39 is 0 Å². The van der Waals surface area contributed by atoms with Crippen molar-refractivity contribution in [2.24, 2.45) is 0 Å². The molecule has 1 aliphatic rings. The fourth-order valence-electron chi connectivity index (χ4n) is 2.79. The summed E-state index contributed by atoms with van der Waals surface area (Å²) in [6, 6.07) is 14.0. The van der Waals surface area contributed by atoms with Crippen LogP contribution in [0.2, 0.25) is 0 Å². The average Bonchev–Trinajstić information content (AvgIpc) is 2.78. The normalized spacial score (nSPS) is 13.6. The first-order valence-electron chi connectivity index (χ1n) is 6.55. The van der Waals surface area contributed by atoms with E-state index in [-0.39, 0.29) is 0 Å². The van der Waals surface area contributed by atoms with Crippen LogP contribution >= 0.6 is 11.3 Å². The topological polar surface area (TPSA) is 35.5 Å². The molecule has 0 amide bonds. The molecule has 0 saturated heterocycles. The molecule has 0 bridgehead atoms. The molecule has 0 aliphatic carbocycles. The monoisotopic (exact) mass is 282 g/mol. The van der Waals surface area contributed by atoms with Gasteiger partial charge in [-0.2, -0.15) is 0 Å². The van der Waals surface area contributed by atoms with Crippen LogP contribution in [0.25, 0.3) is 10.1 Å². The van der Waals surface area contributed by atoms with Gasteiger partial charge in [0.2, 0.25) is 0 Å². The van der Waals surface area contributed by atoms with E-state index in [4.69, 9.17) is 0 Å². The summed E-state index contributed by atoms with van der Waals surface area (Å²) in [5.41, 5.74) is 3.56. The van der Waals surface area contributed by atoms with Gasteiger partial charge in [0.15, 0.2) is 0 Å². The molecule has 0 spiro atoms. The van der Waals surface area contributed by atoms with Crippen LogP contribution in [0.5, 0.6) is 5.75 Å². The van der Waals surface area contributed by atoms with Crippen molar-refractivity contribution < 1.29 is 5.11 Å². The Morgan fingerprint density at radius 3 is 2.90 bits per heavy atom. The molecule has 3 aromatic rings. The van der Waals surface area contributed by atoms with Crippen LogP contribution in [0.15, 0.2) is 42.5 Å². The van der Waals surface area contributed by atoms with Gasteiger partial charge in [-0.1, -0.05) is 24.3 Å². The Morgan fingerprint density at radius 2 is 2.00 bits per heavy atom. The average molecular weight is 282 g/mol. The van der Waals surface area contributed by atoms with E-state index in [1.165, 1.54) is 10.6 Å². The summed E-state index contributed by atoms with van der Waals surface area (Å²) in [5.74, 6) is 0.363. The van der Waals surface area contributed by atoms with Crippen LogP contribution in [0.4, 0.5) is 16.4 Å². The molecule has 0 saturated carbocycles. The van der Waals surface area contributed by atoms with E-state index in [0.29, 0.717) is 5.75 Å². The smallest absolute Gasteiger partial charge is 0.133 e. The number of benzene rings is 2. The molecule has 1 aliphatic heterocycles. The molecule has 4 heteroatoms. The Morgan fingerprint density at radius 1 is 1.15 bits per heavy atom. The standard InChI is InChI=1S/C16H14N2OS/c1-18-13-7-3-2-6-12(13)17-9-11-10-5-4-8-14(19)15(10)20-16(11)18/h2-8,17,19H,9H2,1H3. The minimum absolute atomic E-state index is 0.363. The Labute approximate surface area is 121 Å². The number of rotatable bonds is 0. The zero-order valence-electron chi connectivity index (χ0n) is 11.1. The van der Waals surface area contributed by atoms with Crippen molar-refractivity contribution in [2.45, 2.75) is 6.54 Å². The summed E-state index contributed by atoms with van der Waals surface area (Å²) >= 11 is 1.65. The summed E-state index contributed by atoms with van der Waals surface area (Å²) in [6.07, 6.45) is 0. The molecule has 3 nitrogen and oxygen atoms in total. The number of anilines is 3. The van der Waals surface area contributed by atoms with Crippen LogP contribution in [0.1, 0.15) is 5.56 Å². The predicted octanol–water partition coefficient (Wildman–Crippen LogP) is 4.30. The zero-order valence-corrected chi connectivity index (χ0v) is 11.9. The number of nitrogens with zero attached hydrogens (tertiary/aromatic N) is 1. The highest BCUT2D eigenvalue weighted by Crippen LogP contribution is 2.46. The Bertz CT molecular complexity index is 809. The van der Waals surface area contributed by atoms with Crippen LogP contribution in [0, 0.1) is 0 Å². The number of nitrogens with one attached hydrogen (secondary N) is 1.